The molecular weight excluding hydrogens is 418 g/mol. The van der Waals surface area contributed by atoms with Gasteiger partial charge in [-0.3, -0.25) is 14.5 Å². The van der Waals surface area contributed by atoms with Crippen LogP contribution in [0.2, 0.25) is 0 Å². The summed E-state index contributed by atoms with van der Waals surface area (Å²) in [6.45, 7) is 5.33. The van der Waals surface area contributed by atoms with E-state index in [-0.39, 0.29) is 24.4 Å². The van der Waals surface area contributed by atoms with Crippen LogP contribution in [0.4, 0.5) is 4.79 Å². The van der Waals surface area contributed by atoms with Crippen LogP contribution in [-0.4, -0.2) is 44.8 Å². The van der Waals surface area contributed by atoms with Crippen LogP contribution < -0.4 is 10.6 Å². The van der Waals surface area contributed by atoms with E-state index in [2.05, 4.69) is 20.6 Å². The Balaban J connectivity index is 1.42. The molecule has 0 radical (unpaired) electrons. The van der Waals surface area contributed by atoms with Crippen LogP contribution in [0.3, 0.4) is 0 Å². The predicted molar refractivity (Wildman–Crippen MR) is 125 cm³/mol. The highest BCUT2D eigenvalue weighted by Gasteiger charge is 2.48. The third-order valence-corrected chi connectivity index (χ3v) is 6.09. The minimum atomic E-state index is -1.04. The molecule has 1 aliphatic rings. The quantitative estimate of drug-likeness (QED) is 0.461. The molecule has 2 heterocycles. The lowest BCUT2D eigenvalue weighted by atomic mass is 9.93. The van der Waals surface area contributed by atoms with Crippen molar-refractivity contribution in [2.75, 3.05) is 6.54 Å². The monoisotopic (exact) mass is 447 g/mol. The summed E-state index contributed by atoms with van der Waals surface area (Å²) in [6, 6.07) is 16.5. The Hall–Kier alpha value is -3.68. The van der Waals surface area contributed by atoms with Gasteiger partial charge in [0.25, 0.3) is 5.91 Å². The van der Waals surface area contributed by atoms with Crippen molar-refractivity contribution in [1.29, 1.82) is 0 Å². The molecule has 3 aromatic rings. The molecule has 0 saturated carbocycles. The van der Waals surface area contributed by atoms with Crippen LogP contribution >= 0.6 is 0 Å². The Morgan fingerprint density at radius 1 is 1.09 bits per heavy atom. The number of carbonyl (C=O) groups excluding carboxylic acids is 3. The number of carbonyl (C=O) groups is 3. The van der Waals surface area contributed by atoms with Crippen molar-refractivity contribution < 1.29 is 14.4 Å². The molecule has 0 unspecified atom stereocenters. The maximum absolute atomic E-state index is 13.0. The summed E-state index contributed by atoms with van der Waals surface area (Å²) < 4.78 is 0. The summed E-state index contributed by atoms with van der Waals surface area (Å²) >= 11 is 0. The lowest BCUT2D eigenvalue weighted by Gasteiger charge is -2.23. The van der Waals surface area contributed by atoms with Crippen LogP contribution in [0.5, 0.6) is 0 Å². The summed E-state index contributed by atoms with van der Waals surface area (Å²) in [5.41, 5.74) is 1.75. The number of hydrogen-bond donors (Lipinski definition) is 3. The van der Waals surface area contributed by atoms with Gasteiger partial charge in [0, 0.05) is 0 Å². The number of para-hydroxylation sites is 2. The predicted octanol–water partition coefficient (Wildman–Crippen LogP) is 3.32. The first kappa shape index (κ1) is 22.5. The molecule has 4 rings (SSSR count). The van der Waals surface area contributed by atoms with E-state index < -0.39 is 17.5 Å². The van der Waals surface area contributed by atoms with Gasteiger partial charge in [0.1, 0.15) is 17.9 Å². The number of aryl methyl sites for hydroxylation is 1. The zero-order chi connectivity index (χ0) is 23.6. The van der Waals surface area contributed by atoms with E-state index in [1.54, 1.807) is 6.92 Å². The van der Waals surface area contributed by atoms with Gasteiger partial charge in [0.15, 0.2) is 0 Å². The number of benzene rings is 2. The van der Waals surface area contributed by atoms with Gasteiger partial charge in [-0.1, -0.05) is 56.3 Å². The van der Waals surface area contributed by atoms with E-state index in [0.717, 1.165) is 21.5 Å². The molecule has 1 aliphatic heterocycles. The van der Waals surface area contributed by atoms with Gasteiger partial charge in [-0.25, -0.2) is 9.78 Å². The Morgan fingerprint density at radius 2 is 1.79 bits per heavy atom. The number of imidazole rings is 1. The zero-order valence-corrected chi connectivity index (χ0v) is 19.1. The first-order valence-electron chi connectivity index (χ1n) is 11.2. The maximum atomic E-state index is 13.0. The number of H-pyrrole nitrogens is 1. The Kier molecular flexibility index (Phi) is 6.18. The van der Waals surface area contributed by atoms with Crippen LogP contribution in [0.1, 0.15) is 44.6 Å². The molecule has 8 heteroatoms. The van der Waals surface area contributed by atoms with E-state index >= 15 is 0 Å². The third kappa shape index (κ3) is 4.74. The molecule has 0 spiro atoms. The van der Waals surface area contributed by atoms with E-state index in [9.17, 15) is 14.4 Å². The largest absolute Gasteiger partial charge is 0.344 e. The van der Waals surface area contributed by atoms with Crippen LogP contribution in [0.25, 0.3) is 11.0 Å². The number of amides is 4. The van der Waals surface area contributed by atoms with Crippen molar-refractivity contribution in [2.45, 2.75) is 45.2 Å². The van der Waals surface area contributed by atoms with Crippen molar-refractivity contribution >= 4 is 28.9 Å². The van der Waals surface area contributed by atoms with Crippen molar-refractivity contribution in [3.63, 3.8) is 0 Å². The van der Waals surface area contributed by atoms with Gasteiger partial charge in [-0.2, -0.15) is 0 Å². The number of nitrogens with one attached hydrogen (secondary N) is 3. The first-order chi connectivity index (χ1) is 15.8. The van der Waals surface area contributed by atoms with E-state index in [1.807, 2.05) is 68.4 Å². The van der Waals surface area contributed by atoms with Crippen molar-refractivity contribution in [2.24, 2.45) is 5.92 Å². The molecule has 33 heavy (non-hydrogen) atoms. The summed E-state index contributed by atoms with van der Waals surface area (Å²) in [4.78, 5) is 47.3. The van der Waals surface area contributed by atoms with Gasteiger partial charge in [0.2, 0.25) is 5.91 Å². The Labute approximate surface area is 192 Å². The van der Waals surface area contributed by atoms with E-state index in [0.29, 0.717) is 18.7 Å². The summed E-state index contributed by atoms with van der Waals surface area (Å²) in [7, 11) is 0. The number of urea groups is 1. The molecule has 8 nitrogen and oxygen atoms in total. The Bertz CT molecular complexity index is 1140. The molecule has 3 N–H and O–H groups in total. The second kappa shape index (κ2) is 9.05. The number of hydrogen-bond acceptors (Lipinski definition) is 4. The van der Waals surface area contributed by atoms with Crippen molar-refractivity contribution in [1.82, 2.24) is 25.5 Å². The van der Waals surface area contributed by atoms with Gasteiger partial charge < -0.3 is 15.6 Å². The number of imide groups is 1. The number of nitrogens with zero attached hydrogens (tertiary/aromatic N) is 2. The van der Waals surface area contributed by atoms with Gasteiger partial charge in [0.05, 0.1) is 17.1 Å². The fourth-order valence-electron chi connectivity index (χ4n) is 4.13. The fraction of sp³-hybridized carbons (Fsp3) is 0.360. The fourth-order valence-corrected chi connectivity index (χ4v) is 4.13. The number of fused-ring (bicyclic) bond motifs is 1. The van der Waals surface area contributed by atoms with Crippen molar-refractivity contribution in [3.05, 3.63) is 66.0 Å². The minimum absolute atomic E-state index is 0.0498. The highest BCUT2D eigenvalue weighted by atomic mass is 16.2. The highest BCUT2D eigenvalue weighted by Crippen LogP contribution is 2.25. The second-order valence-electron chi connectivity index (χ2n) is 9.07. The zero-order valence-electron chi connectivity index (χ0n) is 19.1. The average molecular weight is 448 g/mol. The van der Waals surface area contributed by atoms with E-state index in [4.69, 9.17) is 0 Å². The summed E-state index contributed by atoms with van der Waals surface area (Å²) in [5.74, 6) is -0.105. The summed E-state index contributed by atoms with van der Waals surface area (Å²) in [5, 5.41) is 5.71. The molecule has 0 bridgehead atoms. The molecule has 172 valence electrons. The van der Waals surface area contributed by atoms with Gasteiger partial charge in [-0.05, 0) is 43.4 Å². The minimum Gasteiger partial charge on any atom is -0.344 e. The molecule has 1 saturated heterocycles. The van der Waals surface area contributed by atoms with Gasteiger partial charge >= 0.3 is 6.03 Å². The Morgan fingerprint density at radius 3 is 2.48 bits per heavy atom. The second-order valence-corrected chi connectivity index (χ2v) is 9.07. The molecule has 1 aromatic heterocycles. The standard InChI is InChI=1S/C25H29N5O3/c1-16(2)21(22-26-18-11-7-8-12-19(18)27-22)28-20(31)15-30-23(32)25(3,29-24(30)33)14-13-17-9-5-4-6-10-17/h4-12,16,21H,13-15H2,1-3H3,(H,26,27)(H,28,31)(H,29,33)/t21-,25-/m1/s1. The molecule has 2 aromatic carbocycles. The topological polar surface area (TPSA) is 107 Å². The molecule has 1 fully saturated rings. The number of aromatic amines is 1. The first-order valence-corrected chi connectivity index (χ1v) is 11.2. The SMILES string of the molecule is CC(C)[C@@H](NC(=O)CN1C(=O)N[C@](C)(CCc2ccccc2)C1=O)c1nc2ccccc2[nH]1. The molecular formula is C25H29N5O3. The van der Waals surface area contributed by atoms with Crippen LogP contribution in [0.15, 0.2) is 54.6 Å². The van der Waals surface area contributed by atoms with E-state index in [1.165, 1.54) is 0 Å². The molecule has 2 atom stereocenters. The lowest BCUT2D eigenvalue weighted by Crippen LogP contribution is -2.46. The smallest absolute Gasteiger partial charge is 0.325 e. The average Bonchev–Trinajstić information content (AvgIpc) is 3.31. The number of aromatic nitrogens is 2. The lowest BCUT2D eigenvalue weighted by molar-refractivity contribution is -0.135. The normalized spacial score (nSPS) is 19.2. The molecule has 0 aliphatic carbocycles. The highest BCUT2D eigenvalue weighted by molar-refractivity contribution is 6.08. The third-order valence-electron chi connectivity index (χ3n) is 6.09. The van der Waals surface area contributed by atoms with Crippen LogP contribution in [0, 0.1) is 5.92 Å². The molecule has 4 amide bonds. The van der Waals surface area contributed by atoms with Gasteiger partial charge in [-0.15, -0.1) is 0 Å². The van der Waals surface area contributed by atoms with Crippen molar-refractivity contribution in [3.8, 4) is 0 Å². The summed E-state index contributed by atoms with van der Waals surface area (Å²) in [6.07, 6.45) is 1.10. The maximum Gasteiger partial charge on any atom is 0.325 e. The van der Waals surface area contributed by atoms with Crippen LogP contribution in [-0.2, 0) is 16.0 Å². The number of rotatable bonds is 8.